The van der Waals surface area contributed by atoms with Crippen LogP contribution in [0.2, 0.25) is 0 Å². The van der Waals surface area contributed by atoms with Crippen molar-refractivity contribution in [1.82, 2.24) is 4.98 Å². The maximum Gasteiger partial charge on any atom is 0.327 e. The number of thiazole rings is 1. The standard InChI is InChI=1S/C21H23NO3S2/c1-5-24-16-11-12-17-18(13-16)26-20(22-17)27-21(4,19(23)25-14(2)3)15-9-7-6-8-10-15/h6-14H,5H2,1-4H3. The third kappa shape index (κ3) is 4.45. The highest BCUT2D eigenvalue weighted by atomic mass is 32.2. The lowest BCUT2D eigenvalue weighted by molar-refractivity contribution is -0.150. The first-order valence-electron chi connectivity index (χ1n) is 8.91. The molecular formula is C21H23NO3S2. The molecule has 3 rings (SSSR count). The van der Waals surface area contributed by atoms with Crippen LogP contribution in [0.25, 0.3) is 10.2 Å². The zero-order chi connectivity index (χ0) is 19.4. The molecule has 0 saturated carbocycles. The molecule has 0 radical (unpaired) electrons. The second-order valence-electron chi connectivity index (χ2n) is 6.50. The van der Waals surface area contributed by atoms with Gasteiger partial charge in [0.05, 0.1) is 22.9 Å². The van der Waals surface area contributed by atoms with E-state index in [0.29, 0.717) is 6.61 Å². The van der Waals surface area contributed by atoms with Gasteiger partial charge in [0.1, 0.15) is 10.5 Å². The van der Waals surface area contributed by atoms with Gasteiger partial charge in [-0.05, 0) is 51.5 Å². The summed E-state index contributed by atoms with van der Waals surface area (Å²) in [6, 6.07) is 15.6. The Kier molecular flexibility index (Phi) is 6.07. The Labute approximate surface area is 167 Å². The summed E-state index contributed by atoms with van der Waals surface area (Å²) in [7, 11) is 0. The lowest BCUT2D eigenvalue weighted by Crippen LogP contribution is -2.32. The van der Waals surface area contributed by atoms with Gasteiger partial charge >= 0.3 is 5.97 Å². The van der Waals surface area contributed by atoms with Gasteiger partial charge in [-0.1, -0.05) is 42.1 Å². The van der Waals surface area contributed by atoms with Crippen molar-refractivity contribution in [3.63, 3.8) is 0 Å². The summed E-state index contributed by atoms with van der Waals surface area (Å²) in [4.78, 5) is 17.7. The molecule has 6 heteroatoms. The predicted octanol–water partition coefficient (Wildman–Crippen LogP) is 5.65. The van der Waals surface area contributed by atoms with Crippen molar-refractivity contribution >= 4 is 39.3 Å². The van der Waals surface area contributed by atoms with Crippen LogP contribution in [-0.4, -0.2) is 23.7 Å². The van der Waals surface area contributed by atoms with Crippen LogP contribution in [0.5, 0.6) is 5.75 Å². The minimum absolute atomic E-state index is 0.176. The lowest BCUT2D eigenvalue weighted by atomic mass is 10.0. The summed E-state index contributed by atoms with van der Waals surface area (Å²) in [5.41, 5.74) is 1.80. The van der Waals surface area contributed by atoms with Crippen LogP contribution < -0.4 is 4.74 Å². The molecule has 0 saturated heterocycles. The summed E-state index contributed by atoms with van der Waals surface area (Å²) in [5, 5.41) is 0. The number of ether oxygens (including phenoxy) is 2. The first kappa shape index (κ1) is 19.7. The molecule has 0 fully saturated rings. The molecule has 0 amide bonds. The Bertz CT molecular complexity index is 924. The molecule has 0 spiro atoms. The number of nitrogens with zero attached hydrogens (tertiary/aromatic N) is 1. The van der Waals surface area contributed by atoms with Crippen molar-refractivity contribution in [2.75, 3.05) is 6.61 Å². The third-order valence-electron chi connectivity index (χ3n) is 4.00. The molecule has 0 bridgehead atoms. The van der Waals surface area contributed by atoms with Crippen LogP contribution in [0, 0.1) is 0 Å². The number of carbonyl (C=O) groups is 1. The van der Waals surface area contributed by atoms with E-state index in [-0.39, 0.29) is 12.1 Å². The Morgan fingerprint density at radius 1 is 1.22 bits per heavy atom. The largest absolute Gasteiger partial charge is 0.494 e. The number of aromatic nitrogens is 1. The van der Waals surface area contributed by atoms with E-state index in [9.17, 15) is 4.79 Å². The lowest BCUT2D eigenvalue weighted by Gasteiger charge is -2.27. The quantitative estimate of drug-likeness (QED) is 0.378. The average molecular weight is 402 g/mol. The van der Waals surface area contributed by atoms with Gasteiger partial charge in [-0.15, -0.1) is 11.3 Å². The van der Waals surface area contributed by atoms with Gasteiger partial charge in [0.2, 0.25) is 0 Å². The Balaban J connectivity index is 1.96. The number of hydrogen-bond acceptors (Lipinski definition) is 6. The molecule has 142 valence electrons. The van der Waals surface area contributed by atoms with Crippen LogP contribution in [0.1, 0.15) is 33.3 Å². The SMILES string of the molecule is CCOc1ccc2nc(SC(C)(C(=O)OC(C)C)c3ccccc3)sc2c1. The van der Waals surface area contributed by atoms with E-state index in [2.05, 4.69) is 0 Å². The molecule has 27 heavy (non-hydrogen) atoms. The maximum absolute atomic E-state index is 12.9. The molecular weight excluding hydrogens is 378 g/mol. The van der Waals surface area contributed by atoms with Crippen molar-refractivity contribution in [3.8, 4) is 5.75 Å². The highest BCUT2D eigenvalue weighted by Gasteiger charge is 2.39. The number of carbonyl (C=O) groups excluding carboxylic acids is 1. The zero-order valence-electron chi connectivity index (χ0n) is 15.9. The van der Waals surface area contributed by atoms with E-state index in [1.54, 1.807) is 11.3 Å². The smallest absolute Gasteiger partial charge is 0.327 e. The fourth-order valence-corrected chi connectivity index (χ4v) is 5.20. The molecule has 2 aromatic carbocycles. The minimum atomic E-state index is -0.873. The predicted molar refractivity (Wildman–Crippen MR) is 112 cm³/mol. The van der Waals surface area contributed by atoms with Gasteiger partial charge in [0, 0.05) is 0 Å². The van der Waals surface area contributed by atoms with Crippen LogP contribution in [0.4, 0.5) is 0 Å². The fourth-order valence-electron chi connectivity index (χ4n) is 2.66. The van der Waals surface area contributed by atoms with Gasteiger partial charge in [-0.25, -0.2) is 4.98 Å². The second kappa shape index (κ2) is 8.31. The highest BCUT2D eigenvalue weighted by molar-refractivity contribution is 8.02. The van der Waals surface area contributed by atoms with E-state index in [0.717, 1.165) is 25.9 Å². The molecule has 4 nitrogen and oxygen atoms in total. The summed E-state index contributed by atoms with van der Waals surface area (Å²) in [6.07, 6.45) is -0.176. The molecule has 1 heterocycles. The number of benzene rings is 2. The van der Waals surface area contributed by atoms with Gasteiger partial charge in [-0.2, -0.15) is 0 Å². The first-order chi connectivity index (χ1) is 12.9. The maximum atomic E-state index is 12.9. The van der Waals surface area contributed by atoms with E-state index in [4.69, 9.17) is 14.5 Å². The second-order valence-corrected chi connectivity index (χ2v) is 9.19. The number of fused-ring (bicyclic) bond motifs is 1. The first-order valence-corrected chi connectivity index (χ1v) is 10.5. The van der Waals surface area contributed by atoms with Crippen molar-refractivity contribution in [2.24, 2.45) is 0 Å². The monoisotopic (exact) mass is 401 g/mol. The summed E-state index contributed by atoms with van der Waals surface area (Å²) >= 11 is 2.99. The van der Waals surface area contributed by atoms with Crippen molar-refractivity contribution in [2.45, 2.75) is 42.9 Å². The summed E-state index contributed by atoms with van der Waals surface area (Å²) in [6.45, 7) is 8.21. The molecule has 0 aliphatic rings. The number of thioether (sulfide) groups is 1. The van der Waals surface area contributed by atoms with E-state index in [1.165, 1.54) is 11.8 Å². The van der Waals surface area contributed by atoms with Gasteiger partial charge in [-0.3, -0.25) is 4.79 Å². The topological polar surface area (TPSA) is 48.4 Å². The van der Waals surface area contributed by atoms with Gasteiger partial charge in [0.15, 0.2) is 4.34 Å². The number of rotatable bonds is 7. The van der Waals surface area contributed by atoms with Crippen LogP contribution in [0.15, 0.2) is 52.9 Å². The molecule has 0 aliphatic carbocycles. The highest BCUT2D eigenvalue weighted by Crippen LogP contribution is 2.45. The van der Waals surface area contributed by atoms with Crippen LogP contribution >= 0.6 is 23.1 Å². The summed E-state index contributed by atoms with van der Waals surface area (Å²) < 4.78 is 12.1. The number of esters is 1. The van der Waals surface area contributed by atoms with E-state index in [1.807, 2.05) is 76.2 Å². The molecule has 1 unspecified atom stereocenters. The fraction of sp³-hybridized carbons (Fsp3) is 0.333. The van der Waals surface area contributed by atoms with Crippen molar-refractivity contribution in [1.29, 1.82) is 0 Å². The summed E-state index contributed by atoms with van der Waals surface area (Å²) in [5.74, 6) is 0.568. The number of hydrogen-bond donors (Lipinski definition) is 0. The Morgan fingerprint density at radius 2 is 1.96 bits per heavy atom. The normalized spacial score (nSPS) is 13.5. The van der Waals surface area contributed by atoms with E-state index >= 15 is 0 Å². The minimum Gasteiger partial charge on any atom is -0.494 e. The third-order valence-corrected chi connectivity index (χ3v) is 6.39. The van der Waals surface area contributed by atoms with Gasteiger partial charge < -0.3 is 9.47 Å². The Morgan fingerprint density at radius 3 is 2.63 bits per heavy atom. The van der Waals surface area contributed by atoms with Gasteiger partial charge in [0.25, 0.3) is 0 Å². The van der Waals surface area contributed by atoms with E-state index < -0.39 is 4.75 Å². The van der Waals surface area contributed by atoms with Crippen molar-refractivity contribution in [3.05, 3.63) is 54.1 Å². The molecule has 0 N–H and O–H groups in total. The van der Waals surface area contributed by atoms with Crippen LogP contribution in [-0.2, 0) is 14.3 Å². The molecule has 0 aliphatic heterocycles. The zero-order valence-corrected chi connectivity index (χ0v) is 17.5. The molecule has 1 atom stereocenters. The Hall–Kier alpha value is -2.05. The average Bonchev–Trinajstić information content (AvgIpc) is 3.03. The molecule has 3 aromatic rings. The van der Waals surface area contributed by atoms with Crippen molar-refractivity contribution < 1.29 is 14.3 Å². The molecule has 1 aromatic heterocycles. The van der Waals surface area contributed by atoms with Crippen LogP contribution in [0.3, 0.4) is 0 Å².